The number of carbonyl (C=O) groups is 1. The van der Waals surface area contributed by atoms with E-state index in [-0.39, 0.29) is 5.56 Å². The van der Waals surface area contributed by atoms with Crippen LogP contribution in [-0.2, 0) is 17.8 Å². The molecule has 5 heteroatoms. The quantitative estimate of drug-likeness (QED) is 0.899. The number of rotatable bonds is 5. The summed E-state index contributed by atoms with van der Waals surface area (Å²) in [4.78, 5) is 31.7. The lowest BCUT2D eigenvalue weighted by atomic mass is 10.1. The average Bonchev–Trinajstić information content (AvgIpc) is 3.45. The van der Waals surface area contributed by atoms with Crippen molar-refractivity contribution in [1.29, 1.82) is 0 Å². The molecule has 0 atom stereocenters. The van der Waals surface area contributed by atoms with Crippen molar-refractivity contribution in [3.05, 3.63) is 45.7 Å². The molecule has 2 heterocycles. The molecular formula is C21H27N3O2. The highest BCUT2D eigenvalue weighted by Gasteiger charge is 2.28. The molecule has 0 radical (unpaired) electrons. The minimum Gasteiger partial charge on any atom is -0.340 e. The van der Waals surface area contributed by atoms with Crippen LogP contribution in [-0.4, -0.2) is 46.9 Å². The van der Waals surface area contributed by atoms with E-state index >= 15 is 0 Å². The van der Waals surface area contributed by atoms with Gasteiger partial charge in [-0.1, -0.05) is 19.1 Å². The van der Waals surface area contributed by atoms with Crippen molar-refractivity contribution in [3.8, 4) is 0 Å². The first-order valence-electron chi connectivity index (χ1n) is 9.77. The Morgan fingerprint density at radius 2 is 1.92 bits per heavy atom. The van der Waals surface area contributed by atoms with Crippen LogP contribution in [0.4, 0.5) is 0 Å². The van der Waals surface area contributed by atoms with Gasteiger partial charge in [-0.05, 0) is 48.3 Å². The molecular weight excluding hydrogens is 326 g/mol. The van der Waals surface area contributed by atoms with Crippen molar-refractivity contribution in [3.63, 3.8) is 0 Å². The number of carbonyl (C=O) groups excluding carboxylic acids is 1. The first-order chi connectivity index (χ1) is 12.6. The summed E-state index contributed by atoms with van der Waals surface area (Å²) in [5.41, 5.74) is 2.95. The second-order valence-electron chi connectivity index (χ2n) is 7.70. The Balaban J connectivity index is 1.38. The number of nitrogens with zero attached hydrogens (tertiary/aromatic N) is 2. The van der Waals surface area contributed by atoms with Crippen molar-refractivity contribution in [2.75, 3.05) is 26.2 Å². The summed E-state index contributed by atoms with van der Waals surface area (Å²) >= 11 is 0. The van der Waals surface area contributed by atoms with Crippen LogP contribution in [0, 0.1) is 5.92 Å². The SMILES string of the molecule is CCc1cc2ccc(CN3CCN(C(=O)CC4CC4)CC3)cc2[nH]c1=O. The van der Waals surface area contributed by atoms with Crippen LogP contribution >= 0.6 is 0 Å². The third kappa shape index (κ3) is 3.83. The Morgan fingerprint density at radius 1 is 1.15 bits per heavy atom. The van der Waals surface area contributed by atoms with Gasteiger partial charge >= 0.3 is 0 Å². The zero-order chi connectivity index (χ0) is 18.1. The van der Waals surface area contributed by atoms with E-state index in [1.165, 1.54) is 18.4 Å². The largest absolute Gasteiger partial charge is 0.340 e. The van der Waals surface area contributed by atoms with Crippen LogP contribution in [0.3, 0.4) is 0 Å². The predicted octanol–water partition coefficient (Wildman–Crippen LogP) is 2.53. The maximum Gasteiger partial charge on any atom is 0.251 e. The summed E-state index contributed by atoms with van der Waals surface area (Å²) < 4.78 is 0. The summed E-state index contributed by atoms with van der Waals surface area (Å²) in [6, 6.07) is 8.31. The molecule has 0 bridgehead atoms. The number of benzene rings is 1. The topological polar surface area (TPSA) is 56.4 Å². The molecule has 4 rings (SSSR count). The third-order valence-corrected chi connectivity index (χ3v) is 5.66. The number of nitrogens with one attached hydrogen (secondary N) is 1. The molecule has 1 aromatic carbocycles. The first-order valence-corrected chi connectivity index (χ1v) is 9.77. The summed E-state index contributed by atoms with van der Waals surface area (Å²) in [6.07, 6.45) is 3.96. The van der Waals surface area contributed by atoms with Gasteiger partial charge < -0.3 is 9.88 Å². The van der Waals surface area contributed by atoms with Crippen molar-refractivity contribution < 1.29 is 4.79 Å². The van der Waals surface area contributed by atoms with Gasteiger partial charge in [0, 0.05) is 50.2 Å². The van der Waals surface area contributed by atoms with Crippen LogP contribution in [0.5, 0.6) is 0 Å². The van der Waals surface area contributed by atoms with Gasteiger partial charge in [-0.25, -0.2) is 0 Å². The van der Waals surface area contributed by atoms with Crippen LogP contribution in [0.1, 0.15) is 37.3 Å². The van der Waals surface area contributed by atoms with E-state index in [1.807, 2.05) is 17.9 Å². The number of hydrogen-bond donors (Lipinski definition) is 1. The number of piperazine rings is 1. The molecule has 2 fully saturated rings. The van der Waals surface area contributed by atoms with E-state index in [0.717, 1.165) is 62.0 Å². The van der Waals surface area contributed by atoms with Crippen molar-refractivity contribution >= 4 is 16.8 Å². The maximum atomic E-state index is 12.2. The molecule has 2 aliphatic rings. The van der Waals surface area contributed by atoms with Gasteiger partial charge in [0.25, 0.3) is 5.56 Å². The summed E-state index contributed by atoms with van der Waals surface area (Å²) in [6.45, 7) is 6.35. The summed E-state index contributed by atoms with van der Waals surface area (Å²) in [5, 5.41) is 1.08. The van der Waals surface area contributed by atoms with Crippen LogP contribution in [0.15, 0.2) is 29.1 Å². The zero-order valence-corrected chi connectivity index (χ0v) is 15.5. The van der Waals surface area contributed by atoms with Gasteiger partial charge in [-0.15, -0.1) is 0 Å². The minimum atomic E-state index is 0.0138. The highest BCUT2D eigenvalue weighted by Crippen LogP contribution is 2.33. The zero-order valence-electron chi connectivity index (χ0n) is 15.5. The van der Waals surface area contributed by atoms with Gasteiger partial charge in [0.15, 0.2) is 0 Å². The number of aromatic nitrogens is 1. The number of H-pyrrole nitrogens is 1. The van der Waals surface area contributed by atoms with Crippen LogP contribution in [0.25, 0.3) is 10.9 Å². The molecule has 1 saturated heterocycles. The molecule has 2 aromatic rings. The van der Waals surface area contributed by atoms with E-state index in [4.69, 9.17) is 0 Å². The Morgan fingerprint density at radius 3 is 2.62 bits per heavy atom. The highest BCUT2D eigenvalue weighted by molar-refractivity contribution is 5.79. The molecule has 138 valence electrons. The first kappa shape index (κ1) is 17.3. The van der Waals surface area contributed by atoms with Gasteiger partial charge in [-0.2, -0.15) is 0 Å². The number of aromatic amines is 1. The van der Waals surface area contributed by atoms with Crippen molar-refractivity contribution in [2.24, 2.45) is 5.92 Å². The second-order valence-corrected chi connectivity index (χ2v) is 7.70. The number of amides is 1. The molecule has 1 aromatic heterocycles. The van der Waals surface area contributed by atoms with Gasteiger partial charge in [0.2, 0.25) is 5.91 Å². The third-order valence-electron chi connectivity index (χ3n) is 5.66. The number of fused-ring (bicyclic) bond motifs is 1. The molecule has 1 aliphatic heterocycles. The predicted molar refractivity (Wildman–Crippen MR) is 103 cm³/mol. The fourth-order valence-corrected chi connectivity index (χ4v) is 3.77. The minimum absolute atomic E-state index is 0.0138. The van der Waals surface area contributed by atoms with Gasteiger partial charge in [0.05, 0.1) is 0 Å². The maximum absolute atomic E-state index is 12.2. The molecule has 0 unspecified atom stereocenters. The Kier molecular flexibility index (Phi) is 4.81. The highest BCUT2D eigenvalue weighted by atomic mass is 16.2. The molecule has 1 amide bonds. The van der Waals surface area contributed by atoms with E-state index < -0.39 is 0 Å². The van der Waals surface area contributed by atoms with E-state index in [9.17, 15) is 9.59 Å². The van der Waals surface area contributed by atoms with E-state index in [2.05, 4.69) is 28.1 Å². The fraction of sp³-hybridized carbons (Fsp3) is 0.524. The number of hydrogen-bond acceptors (Lipinski definition) is 3. The Labute approximate surface area is 154 Å². The average molecular weight is 353 g/mol. The normalized spacial score (nSPS) is 18.4. The molecule has 1 aliphatic carbocycles. The van der Waals surface area contributed by atoms with Crippen molar-refractivity contribution in [1.82, 2.24) is 14.8 Å². The van der Waals surface area contributed by atoms with Gasteiger partial charge in [-0.3, -0.25) is 14.5 Å². The van der Waals surface area contributed by atoms with Crippen LogP contribution < -0.4 is 5.56 Å². The molecule has 1 saturated carbocycles. The molecule has 26 heavy (non-hydrogen) atoms. The second kappa shape index (κ2) is 7.23. The lowest BCUT2D eigenvalue weighted by Crippen LogP contribution is -2.48. The lowest BCUT2D eigenvalue weighted by molar-refractivity contribution is -0.133. The summed E-state index contributed by atoms with van der Waals surface area (Å²) in [7, 11) is 0. The molecule has 0 spiro atoms. The molecule has 5 nitrogen and oxygen atoms in total. The monoisotopic (exact) mass is 353 g/mol. The van der Waals surface area contributed by atoms with Gasteiger partial charge in [0.1, 0.15) is 0 Å². The van der Waals surface area contributed by atoms with E-state index in [0.29, 0.717) is 11.8 Å². The Hall–Kier alpha value is -2.14. The van der Waals surface area contributed by atoms with E-state index in [1.54, 1.807) is 0 Å². The smallest absolute Gasteiger partial charge is 0.251 e. The fourth-order valence-electron chi connectivity index (χ4n) is 3.77. The number of aryl methyl sites for hydroxylation is 1. The standard InChI is InChI=1S/C21H27N3O2/c1-2-17-13-18-6-5-16(11-19(18)22-21(17)26)14-23-7-9-24(10-8-23)20(25)12-15-3-4-15/h5-6,11,13,15H,2-4,7-10,12,14H2,1H3,(H,22,26). The van der Waals surface area contributed by atoms with Crippen molar-refractivity contribution in [2.45, 2.75) is 39.2 Å². The number of pyridine rings is 1. The molecule has 1 N–H and O–H groups in total. The van der Waals surface area contributed by atoms with Crippen LogP contribution in [0.2, 0.25) is 0 Å². The lowest BCUT2D eigenvalue weighted by Gasteiger charge is -2.35. The summed E-state index contributed by atoms with van der Waals surface area (Å²) in [5.74, 6) is 0.996. The Bertz CT molecular complexity index is 861.